The van der Waals surface area contributed by atoms with Crippen molar-refractivity contribution in [2.75, 3.05) is 6.61 Å². The quantitative estimate of drug-likeness (QED) is 0.876. The second-order valence-electron chi connectivity index (χ2n) is 4.16. The number of benzene rings is 2. The molecule has 104 valence electrons. The Morgan fingerprint density at radius 1 is 1.00 bits per heavy atom. The molecule has 0 saturated carbocycles. The van der Waals surface area contributed by atoms with Crippen LogP contribution in [0.5, 0.6) is 11.5 Å². The Morgan fingerprint density at radius 3 is 2.20 bits per heavy atom. The molecule has 2 aromatic carbocycles. The van der Waals surface area contributed by atoms with Gasteiger partial charge in [0.1, 0.15) is 18.1 Å². The van der Waals surface area contributed by atoms with Crippen molar-refractivity contribution in [3.63, 3.8) is 0 Å². The molecule has 0 atom stereocenters. The first kappa shape index (κ1) is 13.9. The molecular weight excluding hydrogens is 256 g/mol. The van der Waals surface area contributed by atoms with E-state index in [1.54, 1.807) is 36.4 Å². The topological polar surface area (TPSA) is 55.8 Å². The zero-order valence-corrected chi connectivity index (χ0v) is 11.2. The fraction of sp³-hybridized carbons (Fsp3) is 0.188. The van der Waals surface area contributed by atoms with Gasteiger partial charge in [-0.2, -0.15) is 0 Å². The summed E-state index contributed by atoms with van der Waals surface area (Å²) in [5, 5.41) is 9.09. The van der Waals surface area contributed by atoms with Crippen LogP contribution in [0.25, 0.3) is 0 Å². The lowest BCUT2D eigenvalue weighted by molar-refractivity contribution is 0.0694. The number of carbonyl (C=O) groups is 1. The highest BCUT2D eigenvalue weighted by atomic mass is 16.5. The molecule has 20 heavy (non-hydrogen) atoms. The van der Waals surface area contributed by atoms with Crippen molar-refractivity contribution in [3.8, 4) is 11.5 Å². The van der Waals surface area contributed by atoms with Crippen LogP contribution < -0.4 is 9.47 Å². The molecule has 0 spiro atoms. The molecule has 0 unspecified atom stereocenters. The lowest BCUT2D eigenvalue weighted by Crippen LogP contribution is -2.05. The number of carboxylic acid groups (broad SMARTS) is 1. The standard InChI is InChI=1S/C16H16O4/c1-2-19-13-7-9-14(10-8-13)20-11-12-5-3-4-6-15(12)16(17)18/h3-10H,2,11H2,1H3,(H,17,18). The predicted octanol–water partition coefficient (Wildman–Crippen LogP) is 3.36. The minimum Gasteiger partial charge on any atom is -0.494 e. The highest BCUT2D eigenvalue weighted by molar-refractivity contribution is 5.89. The van der Waals surface area contributed by atoms with E-state index in [1.165, 1.54) is 0 Å². The first-order valence-corrected chi connectivity index (χ1v) is 6.37. The van der Waals surface area contributed by atoms with Crippen LogP contribution >= 0.6 is 0 Å². The summed E-state index contributed by atoms with van der Waals surface area (Å²) in [6.45, 7) is 2.76. The molecule has 0 aliphatic carbocycles. The van der Waals surface area contributed by atoms with Crippen molar-refractivity contribution in [2.24, 2.45) is 0 Å². The van der Waals surface area contributed by atoms with E-state index in [4.69, 9.17) is 14.6 Å². The summed E-state index contributed by atoms with van der Waals surface area (Å²) in [4.78, 5) is 11.1. The Labute approximate surface area is 117 Å². The van der Waals surface area contributed by atoms with Gasteiger partial charge in [-0.1, -0.05) is 18.2 Å². The Kier molecular flexibility index (Phi) is 4.60. The van der Waals surface area contributed by atoms with Crippen LogP contribution in [0.2, 0.25) is 0 Å². The molecule has 2 rings (SSSR count). The summed E-state index contributed by atoms with van der Waals surface area (Å²) >= 11 is 0. The fourth-order valence-corrected chi connectivity index (χ4v) is 1.81. The number of rotatable bonds is 6. The average molecular weight is 272 g/mol. The van der Waals surface area contributed by atoms with Crippen LogP contribution in [-0.2, 0) is 6.61 Å². The molecule has 0 aliphatic heterocycles. The van der Waals surface area contributed by atoms with E-state index in [0.29, 0.717) is 17.9 Å². The Morgan fingerprint density at radius 2 is 1.60 bits per heavy atom. The zero-order valence-electron chi connectivity index (χ0n) is 11.2. The largest absolute Gasteiger partial charge is 0.494 e. The molecule has 4 nitrogen and oxygen atoms in total. The fourth-order valence-electron chi connectivity index (χ4n) is 1.81. The average Bonchev–Trinajstić information content (AvgIpc) is 2.47. The highest BCUT2D eigenvalue weighted by Gasteiger charge is 2.09. The number of hydrogen-bond acceptors (Lipinski definition) is 3. The smallest absolute Gasteiger partial charge is 0.336 e. The molecule has 4 heteroatoms. The minimum absolute atomic E-state index is 0.219. The Bertz CT molecular complexity index is 575. The molecule has 1 N–H and O–H groups in total. The van der Waals surface area contributed by atoms with Crippen LogP contribution in [0.1, 0.15) is 22.8 Å². The van der Waals surface area contributed by atoms with Crippen LogP contribution in [0, 0.1) is 0 Å². The summed E-state index contributed by atoms with van der Waals surface area (Å²) in [6, 6.07) is 14.1. The molecular formula is C16H16O4. The van der Waals surface area contributed by atoms with Crippen molar-refractivity contribution in [1.29, 1.82) is 0 Å². The molecule has 0 fully saturated rings. The lowest BCUT2D eigenvalue weighted by atomic mass is 10.1. The maximum atomic E-state index is 11.1. The van der Waals surface area contributed by atoms with Gasteiger partial charge in [0.15, 0.2) is 0 Å². The molecule has 0 saturated heterocycles. The summed E-state index contributed by atoms with van der Waals surface area (Å²) in [7, 11) is 0. The summed E-state index contributed by atoms with van der Waals surface area (Å²) in [5.41, 5.74) is 0.910. The summed E-state index contributed by atoms with van der Waals surface area (Å²) in [5.74, 6) is 0.510. The molecule has 2 aromatic rings. The van der Waals surface area contributed by atoms with Gasteiger partial charge in [-0.3, -0.25) is 0 Å². The first-order valence-electron chi connectivity index (χ1n) is 6.37. The summed E-state index contributed by atoms with van der Waals surface area (Å²) < 4.78 is 10.9. The van der Waals surface area contributed by atoms with E-state index < -0.39 is 5.97 Å². The molecule has 0 heterocycles. The van der Waals surface area contributed by atoms with Crippen molar-refractivity contribution in [3.05, 3.63) is 59.7 Å². The van der Waals surface area contributed by atoms with E-state index in [0.717, 1.165) is 5.75 Å². The Hall–Kier alpha value is -2.49. The van der Waals surface area contributed by atoms with Crippen molar-refractivity contribution in [1.82, 2.24) is 0 Å². The van der Waals surface area contributed by atoms with Crippen molar-refractivity contribution < 1.29 is 19.4 Å². The maximum absolute atomic E-state index is 11.1. The van der Waals surface area contributed by atoms with E-state index in [2.05, 4.69) is 0 Å². The molecule has 0 radical (unpaired) electrons. The van der Waals surface area contributed by atoms with E-state index in [9.17, 15) is 4.79 Å². The van der Waals surface area contributed by atoms with Gasteiger partial charge in [-0.05, 0) is 37.3 Å². The second-order valence-corrected chi connectivity index (χ2v) is 4.16. The SMILES string of the molecule is CCOc1ccc(OCc2ccccc2C(=O)O)cc1. The highest BCUT2D eigenvalue weighted by Crippen LogP contribution is 2.19. The van der Waals surface area contributed by atoms with Crippen molar-refractivity contribution >= 4 is 5.97 Å². The normalized spacial score (nSPS) is 10.1. The number of carboxylic acids is 1. The van der Waals surface area contributed by atoms with Crippen molar-refractivity contribution in [2.45, 2.75) is 13.5 Å². The van der Waals surface area contributed by atoms with Gasteiger partial charge < -0.3 is 14.6 Å². The number of hydrogen-bond donors (Lipinski definition) is 1. The Balaban J connectivity index is 2.03. The maximum Gasteiger partial charge on any atom is 0.336 e. The van der Waals surface area contributed by atoms with E-state index >= 15 is 0 Å². The van der Waals surface area contributed by atoms with Crippen LogP contribution in [0.3, 0.4) is 0 Å². The van der Waals surface area contributed by atoms with Gasteiger partial charge in [-0.15, -0.1) is 0 Å². The van der Waals surface area contributed by atoms with E-state index in [-0.39, 0.29) is 12.2 Å². The number of aromatic carboxylic acids is 1. The zero-order chi connectivity index (χ0) is 14.4. The van der Waals surface area contributed by atoms with Crippen LogP contribution in [0.4, 0.5) is 0 Å². The third-order valence-corrected chi connectivity index (χ3v) is 2.78. The van der Waals surface area contributed by atoms with Gasteiger partial charge in [0.25, 0.3) is 0 Å². The first-order chi connectivity index (χ1) is 9.70. The molecule has 0 amide bonds. The van der Waals surface area contributed by atoms with Gasteiger partial charge in [0.2, 0.25) is 0 Å². The third kappa shape index (κ3) is 3.51. The third-order valence-electron chi connectivity index (χ3n) is 2.78. The van der Waals surface area contributed by atoms with Gasteiger partial charge in [0.05, 0.1) is 12.2 Å². The van der Waals surface area contributed by atoms with Crippen LogP contribution in [0.15, 0.2) is 48.5 Å². The molecule has 0 aromatic heterocycles. The molecule has 0 bridgehead atoms. The summed E-state index contributed by atoms with van der Waals surface area (Å²) in [6.07, 6.45) is 0. The van der Waals surface area contributed by atoms with Crippen LogP contribution in [-0.4, -0.2) is 17.7 Å². The second kappa shape index (κ2) is 6.61. The van der Waals surface area contributed by atoms with Gasteiger partial charge >= 0.3 is 5.97 Å². The number of ether oxygens (including phenoxy) is 2. The predicted molar refractivity (Wildman–Crippen MR) is 75.3 cm³/mol. The van der Waals surface area contributed by atoms with Gasteiger partial charge in [-0.25, -0.2) is 4.79 Å². The monoisotopic (exact) mass is 272 g/mol. The lowest BCUT2D eigenvalue weighted by Gasteiger charge is -2.09. The van der Waals surface area contributed by atoms with E-state index in [1.807, 2.05) is 19.1 Å². The van der Waals surface area contributed by atoms with Gasteiger partial charge in [0, 0.05) is 5.56 Å². The molecule has 0 aliphatic rings. The minimum atomic E-state index is -0.948.